The van der Waals surface area contributed by atoms with Crippen LogP contribution < -0.4 is 10.1 Å². The largest absolute Gasteiger partial charge is 0.489 e. The number of aromatic nitrogens is 3. The number of nitrogens with one attached hydrogen (secondary N) is 1. The second kappa shape index (κ2) is 8.77. The Balaban J connectivity index is 1.40. The number of rotatable bonds is 6. The van der Waals surface area contributed by atoms with Gasteiger partial charge in [-0.3, -0.25) is 4.98 Å². The third-order valence-electron chi connectivity index (χ3n) is 4.85. The molecule has 1 N–H and O–H groups in total. The molecule has 1 fully saturated rings. The third kappa shape index (κ3) is 4.92. The molecule has 0 radical (unpaired) electrons. The summed E-state index contributed by atoms with van der Waals surface area (Å²) in [7, 11) is 0. The minimum Gasteiger partial charge on any atom is -0.489 e. The summed E-state index contributed by atoms with van der Waals surface area (Å²) < 4.78 is 11.4. The van der Waals surface area contributed by atoms with Gasteiger partial charge in [0.2, 0.25) is 11.7 Å². The second-order valence-corrected chi connectivity index (χ2v) is 6.94. The molecule has 1 atom stereocenters. The Kier molecular flexibility index (Phi) is 5.74. The molecule has 0 aliphatic carbocycles. The highest BCUT2D eigenvalue weighted by atomic mass is 16.5. The highest BCUT2D eigenvalue weighted by Gasteiger charge is 2.17. The Morgan fingerprint density at radius 2 is 2.15 bits per heavy atom. The van der Waals surface area contributed by atoms with Crippen molar-refractivity contribution in [1.29, 1.82) is 0 Å². The summed E-state index contributed by atoms with van der Waals surface area (Å²) in [6, 6.07) is 11.7. The van der Waals surface area contributed by atoms with Crippen molar-refractivity contribution < 1.29 is 9.26 Å². The molecule has 1 aliphatic heterocycles. The lowest BCUT2D eigenvalue weighted by Crippen LogP contribution is -2.14. The zero-order valence-electron chi connectivity index (χ0n) is 15.3. The Bertz CT molecular complexity index is 842. The smallest absolute Gasteiger partial charge is 0.227 e. The second-order valence-electron chi connectivity index (χ2n) is 6.94. The van der Waals surface area contributed by atoms with E-state index in [0.717, 1.165) is 48.7 Å². The van der Waals surface area contributed by atoms with Crippen molar-refractivity contribution in [2.75, 3.05) is 13.1 Å². The van der Waals surface area contributed by atoms with Gasteiger partial charge in [0.15, 0.2) is 0 Å². The molecule has 0 amide bonds. The minimum atomic E-state index is 0.477. The first-order valence-corrected chi connectivity index (χ1v) is 9.52. The Morgan fingerprint density at radius 3 is 3.07 bits per heavy atom. The van der Waals surface area contributed by atoms with Crippen LogP contribution in [0.15, 0.2) is 53.3 Å². The molecule has 6 nitrogen and oxygen atoms in total. The minimum absolute atomic E-state index is 0.477. The summed E-state index contributed by atoms with van der Waals surface area (Å²) in [5.74, 6) is 2.72. The van der Waals surface area contributed by atoms with Gasteiger partial charge in [-0.05, 0) is 56.5 Å². The Labute approximate surface area is 159 Å². The van der Waals surface area contributed by atoms with E-state index in [2.05, 4.69) is 20.4 Å². The molecule has 1 saturated heterocycles. The van der Waals surface area contributed by atoms with Gasteiger partial charge in [-0.15, -0.1) is 0 Å². The maximum atomic E-state index is 5.86. The number of ether oxygens (including phenoxy) is 1. The molecule has 0 saturated carbocycles. The summed E-state index contributed by atoms with van der Waals surface area (Å²) in [4.78, 5) is 8.70. The molecule has 3 heterocycles. The van der Waals surface area contributed by atoms with Crippen LogP contribution in [0.5, 0.6) is 5.75 Å². The van der Waals surface area contributed by atoms with Crippen molar-refractivity contribution in [2.45, 2.75) is 32.3 Å². The number of nitrogens with zero attached hydrogens (tertiary/aromatic N) is 3. The van der Waals surface area contributed by atoms with Gasteiger partial charge in [0.25, 0.3) is 0 Å². The fraction of sp³-hybridized carbons (Fsp3) is 0.381. The maximum Gasteiger partial charge on any atom is 0.227 e. The molecule has 1 aliphatic rings. The average Bonchev–Trinajstić information content (AvgIpc) is 3.03. The highest BCUT2D eigenvalue weighted by molar-refractivity contribution is 5.56. The van der Waals surface area contributed by atoms with E-state index in [9.17, 15) is 0 Å². The molecule has 3 aromatic rings. The average molecular weight is 364 g/mol. The van der Waals surface area contributed by atoms with Gasteiger partial charge in [-0.1, -0.05) is 23.4 Å². The van der Waals surface area contributed by atoms with Crippen LogP contribution in [0.1, 0.15) is 30.7 Å². The summed E-state index contributed by atoms with van der Waals surface area (Å²) in [5.41, 5.74) is 1.93. The van der Waals surface area contributed by atoms with Crippen LogP contribution in [-0.2, 0) is 13.0 Å². The molecular formula is C21H24N4O2. The van der Waals surface area contributed by atoms with Gasteiger partial charge in [-0.25, -0.2) is 0 Å². The SMILES string of the molecule is c1cncc(COc2cccc(-c3noc(CC4CCCNCC4)n3)c2)c1. The molecule has 0 spiro atoms. The zero-order chi connectivity index (χ0) is 18.3. The van der Waals surface area contributed by atoms with E-state index in [-0.39, 0.29) is 0 Å². The van der Waals surface area contributed by atoms with Crippen molar-refractivity contribution in [3.8, 4) is 17.1 Å². The zero-order valence-corrected chi connectivity index (χ0v) is 15.3. The normalized spacial score (nSPS) is 17.4. The molecular weight excluding hydrogens is 340 g/mol. The lowest BCUT2D eigenvalue weighted by molar-refractivity contribution is 0.306. The van der Waals surface area contributed by atoms with E-state index in [4.69, 9.17) is 9.26 Å². The van der Waals surface area contributed by atoms with Gasteiger partial charge in [-0.2, -0.15) is 4.98 Å². The lowest BCUT2D eigenvalue weighted by Gasteiger charge is -2.09. The standard InChI is InChI=1S/C21H24N4O2/c1-6-18(13-19(7-1)26-15-17-5-3-10-23-14-17)21-24-20(27-25-21)12-16-4-2-9-22-11-8-16/h1,3,5-7,10,13-14,16,22H,2,4,8-9,11-12,15H2. The van der Waals surface area contributed by atoms with Crippen molar-refractivity contribution in [3.05, 3.63) is 60.2 Å². The van der Waals surface area contributed by atoms with Crippen LogP contribution in [0.25, 0.3) is 11.4 Å². The summed E-state index contributed by atoms with van der Waals surface area (Å²) in [6.07, 6.45) is 7.99. The summed E-state index contributed by atoms with van der Waals surface area (Å²) >= 11 is 0. The molecule has 27 heavy (non-hydrogen) atoms. The predicted octanol–water partition coefficient (Wildman–Crippen LogP) is 3.64. The van der Waals surface area contributed by atoms with Crippen molar-refractivity contribution >= 4 is 0 Å². The monoisotopic (exact) mass is 364 g/mol. The van der Waals surface area contributed by atoms with Crippen LogP contribution in [0.2, 0.25) is 0 Å². The molecule has 140 valence electrons. The lowest BCUT2D eigenvalue weighted by atomic mass is 9.97. The van der Waals surface area contributed by atoms with Crippen LogP contribution in [0.3, 0.4) is 0 Å². The van der Waals surface area contributed by atoms with Crippen LogP contribution in [0, 0.1) is 5.92 Å². The maximum absolute atomic E-state index is 5.86. The number of hydrogen-bond donors (Lipinski definition) is 1. The summed E-state index contributed by atoms with van der Waals surface area (Å²) in [6.45, 7) is 2.66. The fourth-order valence-corrected chi connectivity index (χ4v) is 3.37. The number of hydrogen-bond acceptors (Lipinski definition) is 6. The fourth-order valence-electron chi connectivity index (χ4n) is 3.37. The van der Waals surface area contributed by atoms with E-state index in [1.807, 2.05) is 36.4 Å². The Hall–Kier alpha value is -2.73. The molecule has 1 aromatic carbocycles. The molecule has 1 unspecified atom stereocenters. The van der Waals surface area contributed by atoms with Gasteiger partial charge in [0.05, 0.1) is 0 Å². The van der Waals surface area contributed by atoms with E-state index in [1.165, 1.54) is 12.8 Å². The number of pyridine rings is 1. The van der Waals surface area contributed by atoms with E-state index in [0.29, 0.717) is 18.3 Å². The first-order chi connectivity index (χ1) is 13.4. The van der Waals surface area contributed by atoms with Gasteiger partial charge < -0.3 is 14.6 Å². The molecule has 6 heteroatoms. The highest BCUT2D eigenvalue weighted by Crippen LogP contribution is 2.24. The number of benzene rings is 1. The van der Waals surface area contributed by atoms with Crippen molar-refractivity contribution in [1.82, 2.24) is 20.4 Å². The molecule has 2 aromatic heterocycles. The van der Waals surface area contributed by atoms with Crippen LogP contribution in [0.4, 0.5) is 0 Å². The quantitative estimate of drug-likeness (QED) is 0.720. The molecule has 4 rings (SSSR count). The van der Waals surface area contributed by atoms with E-state index < -0.39 is 0 Å². The van der Waals surface area contributed by atoms with E-state index >= 15 is 0 Å². The van der Waals surface area contributed by atoms with Gasteiger partial charge in [0.1, 0.15) is 12.4 Å². The topological polar surface area (TPSA) is 73.1 Å². The summed E-state index contributed by atoms with van der Waals surface area (Å²) in [5, 5.41) is 7.61. The van der Waals surface area contributed by atoms with Crippen molar-refractivity contribution in [2.24, 2.45) is 5.92 Å². The predicted molar refractivity (Wildman–Crippen MR) is 102 cm³/mol. The third-order valence-corrected chi connectivity index (χ3v) is 4.85. The van der Waals surface area contributed by atoms with E-state index in [1.54, 1.807) is 12.4 Å². The first kappa shape index (κ1) is 17.7. The van der Waals surface area contributed by atoms with Crippen molar-refractivity contribution in [3.63, 3.8) is 0 Å². The molecule has 0 bridgehead atoms. The van der Waals surface area contributed by atoms with Crippen LogP contribution >= 0.6 is 0 Å². The van der Waals surface area contributed by atoms with Gasteiger partial charge >= 0.3 is 0 Å². The first-order valence-electron chi connectivity index (χ1n) is 9.52. The van der Waals surface area contributed by atoms with Gasteiger partial charge in [0, 0.05) is 29.9 Å². The van der Waals surface area contributed by atoms with Crippen LogP contribution in [-0.4, -0.2) is 28.2 Å². The Morgan fingerprint density at radius 1 is 1.15 bits per heavy atom.